The van der Waals surface area contributed by atoms with Gasteiger partial charge in [0.15, 0.2) is 5.75 Å². The Hall–Kier alpha value is -3.43. The summed E-state index contributed by atoms with van der Waals surface area (Å²) in [6.45, 7) is 2.05. The van der Waals surface area contributed by atoms with Crippen molar-refractivity contribution in [2.75, 3.05) is 50.8 Å². The first kappa shape index (κ1) is 33.9. The molecule has 0 saturated carbocycles. The van der Waals surface area contributed by atoms with E-state index in [0.29, 0.717) is 22.8 Å². The number of ether oxygens (including phenoxy) is 1. The van der Waals surface area contributed by atoms with E-state index in [-0.39, 0.29) is 30.5 Å². The number of anilines is 1. The average molecular weight is 663 g/mol. The molecule has 11 nitrogen and oxygen atoms in total. The molecule has 250 valence electrons. The Morgan fingerprint density at radius 1 is 1.13 bits per heavy atom. The zero-order chi connectivity index (χ0) is 32.5. The van der Waals surface area contributed by atoms with E-state index >= 15 is 0 Å². The number of carbonyl (C=O) groups excluding carboxylic acids is 2. The summed E-state index contributed by atoms with van der Waals surface area (Å²) >= 11 is 1.89. The van der Waals surface area contributed by atoms with E-state index < -0.39 is 18.6 Å². The van der Waals surface area contributed by atoms with Gasteiger partial charge < -0.3 is 25.1 Å². The van der Waals surface area contributed by atoms with Crippen molar-refractivity contribution >= 4 is 41.0 Å². The lowest BCUT2D eigenvalue weighted by atomic mass is 9.89. The molecule has 2 saturated heterocycles. The lowest BCUT2D eigenvalue weighted by molar-refractivity contribution is -0.121. The van der Waals surface area contributed by atoms with E-state index in [1.165, 1.54) is 17.1 Å². The number of piperidine rings is 2. The van der Waals surface area contributed by atoms with Gasteiger partial charge in [-0.25, -0.2) is 9.97 Å². The van der Waals surface area contributed by atoms with Crippen LogP contribution in [0.5, 0.6) is 5.75 Å². The van der Waals surface area contributed by atoms with Gasteiger partial charge in [0, 0.05) is 38.4 Å². The molecule has 2 aliphatic heterocycles. The number of hydrogen-bond donors (Lipinski definition) is 2. The average Bonchev–Trinajstić information content (AvgIpc) is 3.40. The first-order valence-corrected chi connectivity index (χ1v) is 16.7. The highest BCUT2D eigenvalue weighted by Gasteiger charge is 2.24. The van der Waals surface area contributed by atoms with Gasteiger partial charge in [0.05, 0.1) is 23.3 Å². The van der Waals surface area contributed by atoms with Crippen LogP contribution in [-0.2, 0) is 9.59 Å². The smallest absolute Gasteiger partial charge is 0.387 e. The number of fused-ring (bicyclic) bond motifs is 1. The van der Waals surface area contributed by atoms with Gasteiger partial charge in [-0.1, -0.05) is 18.0 Å². The molecular weight excluding hydrogens is 621 g/mol. The highest BCUT2D eigenvalue weighted by molar-refractivity contribution is 7.97. The summed E-state index contributed by atoms with van der Waals surface area (Å²) in [6.07, 6.45) is 8.64. The molecule has 2 aromatic heterocycles. The molecule has 3 aromatic rings. The van der Waals surface area contributed by atoms with Crippen LogP contribution in [0.15, 0.2) is 30.6 Å². The summed E-state index contributed by atoms with van der Waals surface area (Å²) in [5.74, 6) is 0.988. The highest BCUT2D eigenvalue weighted by Crippen LogP contribution is 2.32. The molecule has 1 atom stereocenters. The number of amides is 1. The summed E-state index contributed by atoms with van der Waals surface area (Å²) in [4.78, 5) is 34.0. The molecule has 0 spiro atoms. The predicted octanol–water partition coefficient (Wildman–Crippen LogP) is 4.63. The molecule has 46 heavy (non-hydrogen) atoms. The number of aldehydes is 1. The normalized spacial score (nSPS) is 17.8. The van der Waals surface area contributed by atoms with Crippen LogP contribution < -0.4 is 15.4 Å². The van der Waals surface area contributed by atoms with Crippen LogP contribution in [0.1, 0.15) is 62.5 Å². The maximum Gasteiger partial charge on any atom is 0.387 e. The van der Waals surface area contributed by atoms with E-state index in [9.17, 15) is 22.8 Å². The second-order valence-electron chi connectivity index (χ2n) is 11.7. The highest BCUT2D eigenvalue weighted by atomic mass is 32.2. The Morgan fingerprint density at radius 3 is 2.54 bits per heavy atom. The van der Waals surface area contributed by atoms with Crippen LogP contribution in [0.2, 0.25) is 0 Å². The SMILES string of the molecule is CNC(=O)CCC(C=O)n1nc(F)c2cc(C3CCN(CCCSN4CCC(Nc5ncc(OC(F)F)cn5)CC4)CC3)ccc21. The van der Waals surface area contributed by atoms with E-state index in [0.717, 1.165) is 82.4 Å². The maximum absolute atomic E-state index is 14.9. The number of carbonyl (C=O) groups is 2. The molecule has 2 aliphatic rings. The predicted molar refractivity (Wildman–Crippen MR) is 170 cm³/mol. The van der Waals surface area contributed by atoms with Crippen molar-refractivity contribution in [3.05, 3.63) is 42.1 Å². The molecule has 1 aromatic carbocycles. The number of benzene rings is 1. The summed E-state index contributed by atoms with van der Waals surface area (Å²) < 4.78 is 47.5. The minimum atomic E-state index is -2.89. The number of nitrogens with one attached hydrogen (secondary N) is 2. The van der Waals surface area contributed by atoms with Crippen molar-refractivity contribution in [1.82, 2.24) is 34.3 Å². The van der Waals surface area contributed by atoms with Gasteiger partial charge in [0.25, 0.3) is 0 Å². The van der Waals surface area contributed by atoms with Gasteiger partial charge in [0.1, 0.15) is 12.3 Å². The Balaban J connectivity index is 0.999. The first-order chi connectivity index (χ1) is 22.3. The molecule has 15 heteroatoms. The second kappa shape index (κ2) is 16.4. The van der Waals surface area contributed by atoms with E-state index in [4.69, 9.17) is 0 Å². The van der Waals surface area contributed by atoms with Crippen molar-refractivity contribution in [2.24, 2.45) is 0 Å². The number of aromatic nitrogens is 4. The van der Waals surface area contributed by atoms with Gasteiger partial charge in [-0.3, -0.25) is 13.8 Å². The third-order valence-corrected chi connectivity index (χ3v) is 9.90. The van der Waals surface area contributed by atoms with E-state index in [2.05, 4.69) is 39.6 Å². The second-order valence-corrected chi connectivity index (χ2v) is 12.9. The van der Waals surface area contributed by atoms with Gasteiger partial charge in [-0.15, -0.1) is 5.10 Å². The van der Waals surface area contributed by atoms with E-state index in [1.807, 2.05) is 30.1 Å². The molecule has 0 aliphatic carbocycles. The molecular formula is C31H41F3N8O3S. The van der Waals surface area contributed by atoms with Gasteiger partial charge in [-0.05, 0) is 81.8 Å². The van der Waals surface area contributed by atoms with Gasteiger partial charge in [-0.2, -0.15) is 13.2 Å². The summed E-state index contributed by atoms with van der Waals surface area (Å²) in [6, 6.07) is 5.27. The number of halogens is 3. The molecule has 2 N–H and O–H groups in total. The summed E-state index contributed by atoms with van der Waals surface area (Å²) in [5.41, 5.74) is 1.66. The monoisotopic (exact) mass is 662 g/mol. The molecule has 0 bridgehead atoms. The lowest BCUT2D eigenvalue weighted by Crippen LogP contribution is -2.36. The molecule has 4 heterocycles. The Kier molecular flexibility index (Phi) is 12.1. The third-order valence-electron chi connectivity index (χ3n) is 8.69. The fraction of sp³-hybridized carbons (Fsp3) is 0.581. The minimum absolute atomic E-state index is 0.0574. The molecule has 0 radical (unpaired) electrons. The number of nitrogens with zero attached hydrogens (tertiary/aromatic N) is 6. The Bertz CT molecular complexity index is 1430. The fourth-order valence-electron chi connectivity index (χ4n) is 6.12. The van der Waals surface area contributed by atoms with Gasteiger partial charge >= 0.3 is 6.61 Å². The van der Waals surface area contributed by atoms with Crippen LogP contribution in [0, 0.1) is 5.95 Å². The molecule has 1 amide bonds. The first-order valence-electron chi connectivity index (χ1n) is 15.8. The Labute approximate surface area is 270 Å². The standard InChI is InChI=1S/C31H41F3N8O3S/c1-35-28(44)6-4-24(20-43)42-27-5-3-22(17-26(27)29(32)39-42)21-7-12-40(13-8-21)11-2-16-46-41-14-9-23(10-15-41)38-31-36-18-25(19-37-31)45-30(33)34/h3,5,17-21,23-24,30H,2,4,6-16H2,1H3,(H,35,44)(H,36,37,38). The van der Waals surface area contributed by atoms with Crippen LogP contribution in [0.4, 0.5) is 19.1 Å². The van der Waals surface area contributed by atoms with Crippen LogP contribution in [0.3, 0.4) is 0 Å². The van der Waals surface area contributed by atoms with Crippen molar-refractivity contribution in [1.29, 1.82) is 0 Å². The lowest BCUT2D eigenvalue weighted by Gasteiger charge is -2.33. The van der Waals surface area contributed by atoms with Crippen molar-refractivity contribution in [2.45, 2.75) is 69.6 Å². The van der Waals surface area contributed by atoms with Crippen molar-refractivity contribution in [3.63, 3.8) is 0 Å². The number of alkyl halides is 2. The third kappa shape index (κ3) is 9.10. The minimum Gasteiger partial charge on any atom is -0.432 e. The van der Waals surface area contributed by atoms with Crippen molar-refractivity contribution in [3.8, 4) is 5.75 Å². The van der Waals surface area contributed by atoms with Crippen LogP contribution in [0.25, 0.3) is 10.9 Å². The number of hydrogen-bond acceptors (Lipinski definition) is 10. The molecule has 1 unspecified atom stereocenters. The van der Waals surface area contributed by atoms with Crippen molar-refractivity contribution < 1.29 is 27.5 Å². The zero-order valence-electron chi connectivity index (χ0n) is 25.9. The molecule has 2 fully saturated rings. The zero-order valence-corrected chi connectivity index (χ0v) is 26.7. The van der Waals surface area contributed by atoms with Crippen LogP contribution in [-0.4, -0.2) is 99.3 Å². The quantitative estimate of drug-likeness (QED) is 0.136. The largest absolute Gasteiger partial charge is 0.432 e. The fourth-order valence-corrected chi connectivity index (χ4v) is 7.10. The maximum atomic E-state index is 14.9. The van der Waals surface area contributed by atoms with Gasteiger partial charge in [0.2, 0.25) is 17.8 Å². The Morgan fingerprint density at radius 2 is 1.87 bits per heavy atom. The summed E-state index contributed by atoms with van der Waals surface area (Å²) in [5, 5.41) is 10.2. The molecule has 5 rings (SSSR count). The topological polar surface area (TPSA) is 118 Å². The number of likely N-dealkylation sites (tertiary alicyclic amines) is 1. The summed E-state index contributed by atoms with van der Waals surface area (Å²) in [7, 11) is 1.54. The van der Waals surface area contributed by atoms with E-state index in [1.54, 1.807) is 7.05 Å². The van der Waals surface area contributed by atoms with Crippen LogP contribution >= 0.6 is 11.9 Å². The number of rotatable bonds is 15.